The standard InChI is InChI=1S/C16H14O3S/c1-10(16(18)19)9-14-13-6-4-3-5-12(13)7-8-15(14)20-11(2)17/h3-9H,1-2H3,(H,18,19)/b10-9+. The van der Waals surface area contributed by atoms with E-state index in [4.69, 9.17) is 5.11 Å². The SMILES string of the molecule is CC(=O)Sc1ccc2ccccc2c1/C=C(\C)C(=O)O. The van der Waals surface area contributed by atoms with E-state index in [9.17, 15) is 9.59 Å². The number of benzene rings is 2. The molecule has 0 radical (unpaired) electrons. The Morgan fingerprint density at radius 1 is 1.10 bits per heavy atom. The number of thioether (sulfide) groups is 1. The van der Waals surface area contributed by atoms with Crippen molar-refractivity contribution in [1.29, 1.82) is 0 Å². The van der Waals surface area contributed by atoms with Crippen LogP contribution in [0.5, 0.6) is 0 Å². The highest BCUT2D eigenvalue weighted by Crippen LogP contribution is 2.32. The number of rotatable bonds is 3. The molecule has 0 saturated carbocycles. The fraction of sp³-hybridized carbons (Fsp3) is 0.125. The Kier molecular flexibility index (Phi) is 4.25. The van der Waals surface area contributed by atoms with Crippen molar-refractivity contribution in [2.75, 3.05) is 0 Å². The van der Waals surface area contributed by atoms with Gasteiger partial charge in [0.05, 0.1) is 0 Å². The summed E-state index contributed by atoms with van der Waals surface area (Å²) in [5.41, 5.74) is 1.02. The predicted molar refractivity (Wildman–Crippen MR) is 81.8 cm³/mol. The van der Waals surface area contributed by atoms with Gasteiger partial charge in [0.2, 0.25) is 0 Å². The highest BCUT2D eigenvalue weighted by atomic mass is 32.2. The van der Waals surface area contributed by atoms with Crippen LogP contribution in [0.25, 0.3) is 16.8 Å². The lowest BCUT2D eigenvalue weighted by molar-refractivity contribution is -0.132. The summed E-state index contributed by atoms with van der Waals surface area (Å²) in [6, 6.07) is 11.5. The van der Waals surface area contributed by atoms with Gasteiger partial charge in [-0.2, -0.15) is 0 Å². The Morgan fingerprint density at radius 3 is 2.45 bits per heavy atom. The average Bonchev–Trinajstić information content (AvgIpc) is 2.40. The molecule has 0 saturated heterocycles. The third kappa shape index (κ3) is 3.08. The Morgan fingerprint density at radius 2 is 1.80 bits per heavy atom. The number of carbonyl (C=O) groups excluding carboxylic acids is 1. The Labute approximate surface area is 121 Å². The maximum absolute atomic E-state index is 11.3. The van der Waals surface area contributed by atoms with E-state index in [1.807, 2.05) is 36.4 Å². The van der Waals surface area contributed by atoms with Crippen LogP contribution in [0, 0.1) is 0 Å². The summed E-state index contributed by atoms with van der Waals surface area (Å²) in [5.74, 6) is -0.961. The van der Waals surface area contributed by atoms with E-state index >= 15 is 0 Å². The van der Waals surface area contributed by atoms with Crippen molar-refractivity contribution in [1.82, 2.24) is 0 Å². The number of aliphatic carboxylic acids is 1. The van der Waals surface area contributed by atoms with E-state index in [2.05, 4.69) is 0 Å². The monoisotopic (exact) mass is 286 g/mol. The minimum Gasteiger partial charge on any atom is -0.478 e. The van der Waals surface area contributed by atoms with Gasteiger partial charge in [-0.05, 0) is 35.4 Å². The minimum atomic E-state index is -0.961. The molecule has 3 nitrogen and oxygen atoms in total. The lowest BCUT2D eigenvalue weighted by Crippen LogP contribution is -1.96. The zero-order valence-electron chi connectivity index (χ0n) is 11.2. The fourth-order valence-corrected chi connectivity index (χ4v) is 2.67. The Balaban J connectivity index is 2.70. The molecule has 0 heterocycles. The summed E-state index contributed by atoms with van der Waals surface area (Å²) in [6.07, 6.45) is 1.62. The van der Waals surface area contributed by atoms with E-state index < -0.39 is 5.97 Å². The lowest BCUT2D eigenvalue weighted by atomic mass is 10.0. The van der Waals surface area contributed by atoms with Crippen molar-refractivity contribution in [2.24, 2.45) is 0 Å². The summed E-state index contributed by atoms with van der Waals surface area (Å²) >= 11 is 1.12. The second-order valence-corrected chi connectivity index (χ2v) is 5.64. The molecule has 4 heteroatoms. The van der Waals surface area contributed by atoms with Crippen molar-refractivity contribution >= 4 is 39.7 Å². The lowest BCUT2D eigenvalue weighted by Gasteiger charge is -2.09. The third-order valence-corrected chi connectivity index (χ3v) is 3.75. The van der Waals surface area contributed by atoms with E-state index in [0.717, 1.165) is 33.0 Å². The molecule has 2 rings (SSSR count). The number of carboxylic acid groups (broad SMARTS) is 1. The molecule has 0 aliphatic rings. The first-order chi connectivity index (χ1) is 9.49. The van der Waals surface area contributed by atoms with Crippen LogP contribution < -0.4 is 0 Å². The molecule has 0 unspecified atom stereocenters. The molecule has 102 valence electrons. The zero-order chi connectivity index (χ0) is 14.7. The largest absolute Gasteiger partial charge is 0.478 e. The number of carboxylic acids is 1. The molecule has 0 bridgehead atoms. The second-order valence-electron chi connectivity index (χ2n) is 4.42. The first-order valence-corrected chi connectivity index (χ1v) is 6.92. The molecule has 2 aromatic carbocycles. The Bertz CT molecular complexity index is 717. The molecule has 0 aliphatic heterocycles. The van der Waals surface area contributed by atoms with Crippen LogP contribution in [0.4, 0.5) is 0 Å². The molecule has 0 spiro atoms. The number of hydrogen-bond acceptors (Lipinski definition) is 3. The summed E-state index contributed by atoms with van der Waals surface area (Å²) < 4.78 is 0. The molecule has 0 aromatic heterocycles. The van der Waals surface area contributed by atoms with Crippen LogP contribution >= 0.6 is 11.8 Å². The van der Waals surface area contributed by atoms with Gasteiger partial charge in [-0.25, -0.2) is 4.79 Å². The van der Waals surface area contributed by atoms with Crippen molar-refractivity contribution in [2.45, 2.75) is 18.7 Å². The number of carbonyl (C=O) groups is 2. The van der Waals surface area contributed by atoms with Gasteiger partial charge in [0, 0.05) is 17.4 Å². The highest BCUT2D eigenvalue weighted by molar-refractivity contribution is 8.13. The van der Waals surface area contributed by atoms with Gasteiger partial charge in [-0.3, -0.25) is 4.79 Å². The van der Waals surface area contributed by atoms with E-state index in [0.29, 0.717) is 0 Å². The molecule has 0 fully saturated rings. The van der Waals surface area contributed by atoms with E-state index in [-0.39, 0.29) is 10.7 Å². The first-order valence-electron chi connectivity index (χ1n) is 6.11. The van der Waals surface area contributed by atoms with Gasteiger partial charge < -0.3 is 5.11 Å². The first kappa shape index (κ1) is 14.3. The predicted octanol–water partition coefficient (Wildman–Crippen LogP) is 3.97. The van der Waals surface area contributed by atoms with Crippen LogP contribution in [0.15, 0.2) is 46.9 Å². The quantitative estimate of drug-likeness (QED) is 0.685. The van der Waals surface area contributed by atoms with Gasteiger partial charge in [-0.15, -0.1) is 0 Å². The van der Waals surface area contributed by atoms with E-state index in [1.54, 1.807) is 13.0 Å². The molecule has 0 aliphatic carbocycles. The summed E-state index contributed by atoms with van der Waals surface area (Å²) in [6.45, 7) is 3.05. The molecular formula is C16H14O3S. The van der Waals surface area contributed by atoms with Gasteiger partial charge in [0.25, 0.3) is 0 Å². The molecule has 0 atom stereocenters. The summed E-state index contributed by atoms with van der Waals surface area (Å²) in [5, 5.41) is 11.0. The summed E-state index contributed by atoms with van der Waals surface area (Å²) in [7, 11) is 0. The number of hydrogen-bond donors (Lipinski definition) is 1. The van der Waals surface area contributed by atoms with Crippen LogP contribution in [0.1, 0.15) is 19.4 Å². The fourth-order valence-electron chi connectivity index (χ4n) is 1.95. The number of fused-ring (bicyclic) bond motifs is 1. The smallest absolute Gasteiger partial charge is 0.331 e. The van der Waals surface area contributed by atoms with Gasteiger partial charge in [-0.1, -0.05) is 42.1 Å². The maximum atomic E-state index is 11.3. The third-order valence-electron chi connectivity index (χ3n) is 2.88. The maximum Gasteiger partial charge on any atom is 0.331 e. The normalized spacial score (nSPS) is 11.6. The molecule has 0 amide bonds. The topological polar surface area (TPSA) is 54.4 Å². The van der Waals surface area contributed by atoms with Crippen LogP contribution in [0.2, 0.25) is 0 Å². The second kappa shape index (κ2) is 5.92. The van der Waals surface area contributed by atoms with Crippen molar-refractivity contribution < 1.29 is 14.7 Å². The average molecular weight is 286 g/mol. The molecule has 20 heavy (non-hydrogen) atoms. The highest BCUT2D eigenvalue weighted by Gasteiger charge is 2.10. The zero-order valence-corrected chi connectivity index (χ0v) is 12.0. The minimum absolute atomic E-state index is 0.0251. The van der Waals surface area contributed by atoms with Crippen molar-refractivity contribution in [3.8, 4) is 0 Å². The van der Waals surface area contributed by atoms with Crippen molar-refractivity contribution in [3.63, 3.8) is 0 Å². The van der Waals surface area contributed by atoms with Gasteiger partial charge in [0.1, 0.15) is 0 Å². The van der Waals surface area contributed by atoms with Crippen LogP contribution in [-0.2, 0) is 9.59 Å². The van der Waals surface area contributed by atoms with Crippen molar-refractivity contribution in [3.05, 3.63) is 47.5 Å². The molecule has 2 aromatic rings. The van der Waals surface area contributed by atoms with Gasteiger partial charge >= 0.3 is 5.97 Å². The van der Waals surface area contributed by atoms with Crippen LogP contribution in [0.3, 0.4) is 0 Å². The Hall–Kier alpha value is -2.07. The van der Waals surface area contributed by atoms with E-state index in [1.165, 1.54) is 6.92 Å². The molecule has 1 N–H and O–H groups in total. The summed E-state index contributed by atoms with van der Waals surface area (Å²) in [4.78, 5) is 23.2. The van der Waals surface area contributed by atoms with Crippen LogP contribution in [-0.4, -0.2) is 16.2 Å². The molecular weight excluding hydrogens is 272 g/mol. The van der Waals surface area contributed by atoms with Gasteiger partial charge in [0.15, 0.2) is 5.12 Å².